The van der Waals surface area contributed by atoms with E-state index in [2.05, 4.69) is 5.10 Å². The molecule has 27 heavy (non-hydrogen) atoms. The first kappa shape index (κ1) is 20.0. The molecule has 2 aromatic rings. The number of benzene rings is 1. The second-order valence-electron chi connectivity index (χ2n) is 6.83. The number of nitrogens with zero attached hydrogens (tertiary/aromatic N) is 4. The van der Waals surface area contributed by atoms with Gasteiger partial charge in [-0.2, -0.15) is 13.7 Å². The Kier molecular flexibility index (Phi) is 5.19. The van der Waals surface area contributed by atoms with Crippen LogP contribution in [-0.2, 0) is 27.1 Å². The lowest BCUT2D eigenvalue weighted by atomic mass is 10.2. The highest BCUT2D eigenvalue weighted by Crippen LogP contribution is 2.25. The van der Waals surface area contributed by atoms with Crippen LogP contribution >= 0.6 is 0 Å². The number of sulfonamides is 2. The molecule has 2 heterocycles. The van der Waals surface area contributed by atoms with Crippen LogP contribution in [-0.4, -0.2) is 61.4 Å². The van der Waals surface area contributed by atoms with Gasteiger partial charge in [0.25, 0.3) is 0 Å². The molecule has 1 aromatic carbocycles. The fraction of sp³-hybridized carbons (Fsp3) is 0.471. The van der Waals surface area contributed by atoms with E-state index in [1.54, 1.807) is 33.0 Å². The Bertz CT molecular complexity index is 1070. The van der Waals surface area contributed by atoms with Gasteiger partial charge in [0.05, 0.1) is 10.6 Å². The van der Waals surface area contributed by atoms with Gasteiger partial charge in [-0.05, 0) is 38.0 Å². The lowest BCUT2D eigenvalue weighted by Crippen LogP contribution is -2.50. The van der Waals surface area contributed by atoms with Crippen LogP contribution in [0.1, 0.15) is 16.8 Å². The van der Waals surface area contributed by atoms with Crippen LogP contribution in [0.15, 0.2) is 34.2 Å². The van der Waals surface area contributed by atoms with Gasteiger partial charge in [-0.3, -0.25) is 4.68 Å². The zero-order valence-corrected chi connectivity index (χ0v) is 17.5. The lowest BCUT2D eigenvalue weighted by molar-refractivity contribution is 0.272. The van der Waals surface area contributed by atoms with E-state index in [4.69, 9.17) is 0 Å². The summed E-state index contributed by atoms with van der Waals surface area (Å²) in [5.74, 6) is 0. The third-order valence-electron chi connectivity index (χ3n) is 4.75. The highest BCUT2D eigenvalue weighted by Gasteiger charge is 2.35. The Morgan fingerprint density at radius 3 is 1.85 bits per heavy atom. The topological polar surface area (TPSA) is 92.6 Å². The number of aromatic nitrogens is 2. The molecule has 1 fully saturated rings. The molecule has 0 aliphatic carbocycles. The Morgan fingerprint density at radius 2 is 1.37 bits per heavy atom. The first-order valence-electron chi connectivity index (χ1n) is 8.61. The molecule has 0 N–H and O–H groups in total. The number of rotatable bonds is 4. The van der Waals surface area contributed by atoms with Crippen LogP contribution in [0.4, 0.5) is 0 Å². The minimum Gasteiger partial charge on any atom is -0.274 e. The second-order valence-corrected chi connectivity index (χ2v) is 10.6. The van der Waals surface area contributed by atoms with Crippen molar-refractivity contribution in [3.63, 3.8) is 0 Å². The standard InChI is InChI=1S/C17H24N4O4S2/c1-13-5-6-14(2)16(11-13)26(22,23)20-7-9-21(10-8-20)27(24,25)17-12-19(4)18-15(17)3/h5-6,11-12H,7-10H2,1-4H3. The van der Waals surface area contributed by atoms with Crippen molar-refractivity contribution in [2.45, 2.75) is 30.6 Å². The molecule has 3 rings (SSSR count). The summed E-state index contributed by atoms with van der Waals surface area (Å²) >= 11 is 0. The molecule has 148 valence electrons. The van der Waals surface area contributed by atoms with Crippen LogP contribution in [0.5, 0.6) is 0 Å². The maximum absolute atomic E-state index is 13.0. The van der Waals surface area contributed by atoms with Crippen molar-refractivity contribution in [2.24, 2.45) is 7.05 Å². The van der Waals surface area contributed by atoms with Gasteiger partial charge in [-0.1, -0.05) is 12.1 Å². The van der Waals surface area contributed by atoms with E-state index in [1.807, 2.05) is 13.0 Å². The molecule has 0 bridgehead atoms. The largest absolute Gasteiger partial charge is 0.274 e. The smallest absolute Gasteiger partial charge is 0.246 e. The van der Waals surface area contributed by atoms with Gasteiger partial charge in [-0.15, -0.1) is 0 Å². The molecular formula is C17H24N4O4S2. The van der Waals surface area contributed by atoms with E-state index in [0.29, 0.717) is 11.3 Å². The van der Waals surface area contributed by atoms with E-state index in [-0.39, 0.29) is 36.0 Å². The molecule has 1 saturated heterocycles. The van der Waals surface area contributed by atoms with E-state index in [9.17, 15) is 16.8 Å². The van der Waals surface area contributed by atoms with E-state index in [0.717, 1.165) is 5.56 Å². The molecule has 0 atom stereocenters. The molecule has 1 aliphatic rings. The number of piperazine rings is 1. The van der Waals surface area contributed by atoms with Crippen LogP contribution < -0.4 is 0 Å². The summed E-state index contributed by atoms with van der Waals surface area (Å²) in [7, 11) is -5.68. The van der Waals surface area contributed by atoms with Crippen molar-refractivity contribution in [3.8, 4) is 0 Å². The van der Waals surface area contributed by atoms with Crippen molar-refractivity contribution < 1.29 is 16.8 Å². The SMILES string of the molecule is Cc1ccc(C)c(S(=O)(=O)N2CCN(S(=O)(=O)c3cn(C)nc3C)CC2)c1. The van der Waals surface area contributed by atoms with Gasteiger partial charge in [0, 0.05) is 39.4 Å². The fourth-order valence-corrected chi connectivity index (χ4v) is 6.60. The van der Waals surface area contributed by atoms with E-state index >= 15 is 0 Å². The molecular weight excluding hydrogens is 388 g/mol. The zero-order valence-electron chi connectivity index (χ0n) is 15.9. The summed E-state index contributed by atoms with van der Waals surface area (Å²) in [6.45, 7) is 5.72. The molecule has 0 radical (unpaired) electrons. The summed E-state index contributed by atoms with van der Waals surface area (Å²) in [5, 5.41) is 4.09. The van der Waals surface area contributed by atoms with Crippen LogP contribution in [0, 0.1) is 20.8 Å². The average molecular weight is 413 g/mol. The van der Waals surface area contributed by atoms with Gasteiger partial charge in [0.15, 0.2) is 0 Å². The predicted molar refractivity (Wildman–Crippen MR) is 101 cm³/mol. The van der Waals surface area contributed by atoms with Crippen molar-refractivity contribution in [1.82, 2.24) is 18.4 Å². The first-order valence-corrected chi connectivity index (χ1v) is 11.5. The van der Waals surface area contributed by atoms with Gasteiger partial charge >= 0.3 is 0 Å². The van der Waals surface area contributed by atoms with Crippen LogP contribution in [0.3, 0.4) is 0 Å². The monoisotopic (exact) mass is 412 g/mol. The number of aryl methyl sites for hydroxylation is 4. The number of hydrogen-bond donors (Lipinski definition) is 0. The Morgan fingerprint density at radius 1 is 0.852 bits per heavy atom. The molecule has 0 amide bonds. The zero-order chi connectivity index (χ0) is 20.0. The van der Waals surface area contributed by atoms with Crippen molar-refractivity contribution in [1.29, 1.82) is 0 Å². The quantitative estimate of drug-likeness (QED) is 0.748. The van der Waals surface area contributed by atoms with Crippen LogP contribution in [0.25, 0.3) is 0 Å². The van der Waals surface area contributed by atoms with Crippen molar-refractivity contribution in [2.75, 3.05) is 26.2 Å². The molecule has 0 spiro atoms. The summed E-state index contributed by atoms with van der Waals surface area (Å²) in [6, 6.07) is 5.32. The summed E-state index contributed by atoms with van der Waals surface area (Å²) < 4.78 is 55.8. The third-order valence-corrected chi connectivity index (χ3v) is 8.79. The van der Waals surface area contributed by atoms with E-state index in [1.165, 1.54) is 19.5 Å². The number of hydrogen-bond acceptors (Lipinski definition) is 5. The molecule has 1 aromatic heterocycles. The van der Waals surface area contributed by atoms with Crippen LogP contribution in [0.2, 0.25) is 0 Å². The molecule has 1 aliphatic heterocycles. The fourth-order valence-electron chi connectivity index (χ4n) is 3.24. The average Bonchev–Trinajstić information content (AvgIpc) is 2.96. The lowest BCUT2D eigenvalue weighted by Gasteiger charge is -2.33. The highest BCUT2D eigenvalue weighted by molar-refractivity contribution is 7.89. The second kappa shape index (κ2) is 7.01. The maximum Gasteiger partial charge on any atom is 0.246 e. The minimum atomic E-state index is -3.69. The summed E-state index contributed by atoms with van der Waals surface area (Å²) in [4.78, 5) is 0.442. The Hall–Kier alpha value is -1.75. The molecule has 10 heteroatoms. The Balaban J connectivity index is 1.81. The summed E-state index contributed by atoms with van der Waals surface area (Å²) in [5.41, 5.74) is 1.98. The maximum atomic E-state index is 13.0. The van der Waals surface area contributed by atoms with Gasteiger partial charge in [-0.25, -0.2) is 16.8 Å². The van der Waals surface area contributed by atoms with Crippen molar-refractivity contribution >= 4 is 20.0 Å². The molecule has 0 unspecified atom stereocenters. The predicted octanol–water partition coefficient (Wildman–Crippen LogP) is 1.04. The molecule has 8 nitrogen and oxygen atoms in total. The normalized spacial score (nSPS) is 17.3. The minimum absolute atomic E-state index is 0.112. The highest BCUT2D eigenvalue weighted by atomic mass is 32.2. The Labute approximate surface area is 160 Å². The third kappa shape index (κ3) is 3.66. The van der Waals surface area contributed by atoms with Crippen molar-refractivity contribution in [3.05, 3.63) is 41.2 Å². The first-order chi connectivity index (χ1) is 12.5. The van der Waals surface area contributed by atoms with E-state index < -0.39 is 20.0 Å². The van der Waals surface area contributed by atoms with Gasteiger partial charge in [0.1, 0.15) is 4.90 Å². The van der Waals surface area contributed by atoms with Gasteiger partial charge in [0.2, 0.25) is 20.0 Å². The molecule has 0 saturated carbocycles. The van der Waals surface area contributed by atoms with Gasteiger partial charge < -0.3 is 0 Å². The summed E-state index contributed by atoms with van der Waals surface area (Å²) in [6.07, 6.45) is 1.48.